The van der Waals surface area contributed by atoms with E-state index in [9.17, 15) is 10.1 Å². The third-order valence-electron chi connectivity index (χ3n) is 2.30. The molecular formula is C12H10N2O2. The summed E-state index contributed by atoms with van der Waals surface area (Å²) in [4.78, 5) is 10.1. The fourth-order valence-electron chi connectivity index (χ4n) is 1.49. The summed E-state index contributed by atoms with van der Waals surface area (Å²) >= 11 is 0. The molecule has 2 N–H and O–H groups in total. The van der Waals surface area contributed by atoms with Crippen molar-refractivity contribution in [3.8, 4) is 11.1 Å². The van der Waals surface area contributed by atoms with E-state index in [1.165, 1.54) is 12.1 Å². The number of nitro benzene ring substituents is 1. The first-order chi connectivity index (χ1) is 7.66. The van der Waals surface area contributed by atoms with Crippen LogP contribution in [-0.4, -0.2) is 4.92 Å². The lowest BCUT2D eigenvalue weighted by Crippen LogP contribution is -1.88. The average molecular weight is 214 g/mol. The number of nitrogens with zero attached hydrogens (tertiary/aromatic N) is 1. The molecule has 0 bridgehead atoms. The third-order valence-corrected chi connectivity index (χ3v) is 2.30. The van der Waals surface area contributed by atoms with E-state index >= 15 is 0 Å². The van der Waals surface area contributed by atoms with E-state index in [4.69, 9.17) is 5.73 Å². The molecule has 2 aromatic rings. The molecule has 4 nitrogen and oxygen atoms in total. The van der Waals surface area contributed by atoms with E-state index in [1.54, 1.807) is 18.2 Å². The summed E-state index contributed by atoms with van der Waals surface area (Å²) in [5.74, 6) is 0. The zero-order chi connectivity index (χ0) is 11.5. The summed E-state index contributed by atoms with van der Waals surface area (Å²) in [7, 11) is 0. The summed E-state index contributed by atoms with van der Waals surface area (Å²) < 4.78 is 0. The van der Waals surface area contributed by atoms with Gasteiger partial charge < -0.3 is 5.73 Å². The van der Waals surface area contributed by atoms with Gasteiger partial charge in [0, 0.05) is 17.8 Å². The van der Waals surface area contributed by atoms with Crippen LogP contribution in [0.5, 0.6) is 0 Å². The molecule has 0 fully saturated rings. The van der Waals surface area contributed by atoms with Crippen LogP contribution in [-0.2, 0) is 0 Å². The highest BCUT2D eigenvalue weighted by Gasteiger charge is 2.04. The molecular weight excluding hydrogens is 204 g/mol. The van der Waals surface area contributed by atoms with Crippen LogP contribution in [0, 0.1) is 10.1 Å². The molecule has 0 unspecified atom stereocenters. The van der Waals surface area contributed by atoms with Crippen molar-refractivity contribution in [2.75, 3.05) is 5.73 Å². The Bertz CT molecular complexity index is 521. The molecule has 0 heterocycles. The molecule has 0 saturated heterocycles. The SMILES string of the molecule is Nc1cccc(-c2ccc([N+](=O)[O-])cc2)c1. The van der Waals surface area contributed by atoms with Crippen LogP contribution in [0.3, 0.4) is 0 Å². The van der Waals surface area contributed by atoms with Crippen molar-refractivity contribution in [2.24, 2.45) is 0 Å². The van der Waals surface area contributed by atoms with Crippen molar-refractivity contribution >= 4 is 11.4 Å². The van der Waals surface area contributed by atoms with Crippen LogP contribution >= 0.6 is 0 Å². The molecule has 4 heteroatoms. The zero-order valence-electron chi connectivity index (χ0n) is 8.46. The highest BCUT2D eigenvalue weighted by molar-refractivity contribution is 5.68. The summed E-state index contributed by atoms with van der Waals surface area (Å²) in [5, 5.41) is 10.5. The molecule has 80 valence electrons. The highest BCUT2D eigenvalue weighted by Crippen LogP contribution is 2.23. The first-order valence-corrected chi connectivity index (χ1v) is 4.77. The van der Waals surface area contributed by atoms with Gasteiger partial charge in [-0.2, -0.15) is 0 Å². The number of non-ortho nitro benzene ring substituents is 1. The molecule has 0 aliphatic rings. The van der Waals surface area contributed by atoms with Gasteiger partial charge in [0.1, 0.15) is 0 Å². The lowest BCUT2D eigenvalue weighted by molar-refractivity contribution is -0.384. The maximum absolute atomic E-state index is 10.5. The second-order valence-corrected chi connectivity index (χ2v) is 3.43. The minimum absolute atomic E-state index is 0.0904. The maximum atomic E-state index is 10.5. The molecule has 0 saturated carbocycles. The normalized spacial score (nSPS) is 10.0. The van der Waals surface area contributed by atoms with Gasteiger partial charge in [-0.1, -0.05) is 12.1 Å². The molecule has 2 rings (SSSR count). The molecule has 0 radical (unpaired) electrons. The van der Waals surface area contributed by atoms with Crippen LogP contribution in [0.4, 0.5) is 11.4 Å². The Morgan fingerprint density at radius 3 is 2.25 bits per heavy atom. The van der Waals surface area contributed by atoms with Crippen molar-refractivity contribution in [3.63, 3.8) is 0 Å². The van der Waals surface area contributed by atoms with E-state index in [0.717, 1.165) is 11.1 Å². The summed E-state index contributed by atoms with van der Waals surface area (Å²) in [6.45, 7) is 0. The second kappa shape index (κ2) is 4.02. The van der Waals surface area contributed by atoms with Gasteiger partial charge in [0.2, 0.25) is 0 Å². The van der Waals surface area contributed by atoms with Crippen LogP contribution in [0.25, 0.3) is 11.1 Å². The first-order valence-electron chi connectivity index (χ1n) is 4.77. The summed E-state index contributed by atoms with van der Waals surface area (Å²) in [6.07, 6.45) is 0. The van der Waals surface area contributed by atoms with Gasteiger partial charge in [-0.05, 0) is 35.4 Å². The third kappa shape index (κ3) is 2.00. The lowest BCUT2D eigenvalue weighted by atomic mass is 10.1. The molecule has 0 aromatic heterocycles. The monoisotopic (exact) mass is 214 g/mol. The summed E-state index contributed by atoms with van der Waals surface area (Å²) in [6, 6.07) is 13.8. The Morgan fingerprint density at radius 2 is 1.69 bits per heavy atom. The van der Waals surface area contributed by atoms with E-state index in [-0.39, 0.29) is 5.69 Å². The summed E-state index contributed by atoms with van der Waals surface area (Å²) in [5.41, 5.74) is 8.30. The number of nitrogen functional groups attached to an aromatic ring is 1. The van der Waals surface area contributed by atoms with Gasteiger partial charge in [0.15, 0.2) is 0 Å². The molecule has 0 amide bonds. The maximum Gasteiger partial charge on any atom is 0.269 e. The molecule has 0 aliphatic heterocycles. The molecule has 0 aliphatic carbocycles. The smallest absolute Gasteiger partial charge is 0.269 e. The highest BCUT2D eigenvalue weighted by atomic mass is 16.6. The Hall–Kier alpha value is -2.36. The van der Waals surface area contributed by atoms with Crippen molar-refractivity contribution in [2.45, 2.75) is 0 Å². The molecule has 2 aromatic carbocycles. The number of benzene rings is 2. The van der Waals surface area contributed by atoms with Crippen molar-refractivity contribution in [1.82, 2.24) is 0 Å². The van der Waals surface area contributed by atoms with Crippen LogP contribution in [0.2, 0.25) is 0 Å². The fraction of sp³-hybridized carbons (Fsp3) is 0. The predicted molar refractivity (Wildman–Crippen MR) is 62.9 cm³/mol. The molecule has 0 spiro atoms. The average Bonchev–Trinajstić information content (AvgIpc) is 2.29. The lowest BCUT2D eigenvalue weighted by Gasteiger charge is -2.02. The van der Waals surface area contributed by atoms with Crippen LogP contribution in [0.15, 0.2) is 48.5 Å². The number of nitro groups is 1. The quantitative estimate of drug-likeness (QED) is 0.474. The van der Waals surface area contributed by atoms with E-state index in [0.29, 0.717) is 5.69 Å². The molecule has 0 atom stereocenters. The number of rotatable bonds is 2. The van der Waals surface area contributed by atoms with Crippen molar-refractivity contribution in [3.05, 3.63) is 58.6 Å². The van der Waals surface area contributed by atoms with Crippen molar-refractivity contribution < 1.29 is 4.92 Å². The van der Waals surface area contributed by atoms with Crippen molar-refractivity contribution in [1.29, 1.82) is 0 Å². The minimum atomic E-state index is -0.414. The van der Waals surface area contributed by atoms with Gasteiger partial charge in [0.25, 0.3) is 5.69 Å². The number of nitrogens with two attached hydrogens (primary N) is 1. The number of hydrogen-bond acceptors (Lipinski definition) is 3. The van der Waals surface area contributed by atoms with Gasteiger partial charge in [0.05, 0.1) is 4.92 Å². The van der Waals surface area contributed by atoms with E-state index in [1.807, 2.05) is 18.2 Å². The topological polar surface area (TPSA) is 69.2 Å². The van der Waals surface area contributed by atoms with Gasteiger partial charge >= 0.3 is 0 Å². The Morgan fingerprint density at radius 1 is 1.00 bits per heavy atom. The van der Waals surface area contributed by atoms with Crippen LogP contribution < -0.4 is 5.73 Å². The zero-order valence-corrected chi connectivity index (χ0v) is 8.46. The van der Waals surface area contributed by atoms with Gasteiger partial charge in [-0.15, -0.1) is 0 Å². The Balaban J connectivity index is 2.38. The van der Waals surface area contributed by atoms with Crippen LogP contribution in [0.1, 0.15) is 0 Å². The van der Waals surface area contributed by atoms with Gasteiger partial charge in [-0.25, -0.2) is 0 Å². The minimum Gasteiger partial charge on any atom is -0.399 e. The number of anilines is 1. The Kier molecular flexibility index (Phi) is 2.55. The fourth-order valence-corrected chi connectivity index (χ4v) is 1.49. The Labute approximate surface area is 92.5 Å². The largest absolute Gasteiger partial charge is 0.399 e. The predicted octanol–water partition coefficient (Wildman–Crippen LogP) is 2.84. The second-order valence-electron chi connectivity index (χ2n) is 3.43. The van der Waals surface area contributed by atoms with E-state index in [2.05, 4.69) is 0 Å². The van der Waals surface area contributed by atoms with E-state index < -0.39 is 4.92 Å². The standard InChI is InChI=1S/C12H10N2O2/c13-11-3-1-2-10(8-11)9-4-6-12(7-5-9)14(15)16/h1-8H,13H2. The first kappa shape index (κ1) is 10.2. The number of hydrogen-bond donors (Lipinski definition) is 1. The van der Waals surface area contributed by atoms with Gasteiger partial charge in [-0.3, -0.25) is 10.1 Å². The molecule has 16 heavy (non-hydrogen) atoms.